The van der Waals surface area contributed by atoms with Gasteiger partial charge >= 0.3 is 5.97 Å². The van der Waals surface area contributed by atoms with Gasteiger partial charge in [0.05, 0.1) is 5.71 Å². The number of carbonyl (C=O) groups is 2. The van der Waals surface area contributed by atoms with Crippen molar-refractivity contribution in [2.75, 3.05) is 43.3 Å². The maximum atomic E-state index is 12.2. The van der Waals surface area contributed by atoms with Crippen LogP contribution in [0.25, 0.3) is 0 Å². The van der Waals surface area contributed by atoms with Gasteiger partial charge in [-0.1, -0.05) is 5.16 Å². The lowest BCUT2D eigenvalue weighted by molar-refractivity contribution is -0.151. The van der Waals surface area contributed by atoms with Gasteiger partial charge in [0.25, 0.3) is 5.91 Å². The molecule has 174 valence electrons. The van der Waals surface area contributed by atoms with Crippen LogP contribution in [0.5, 0.6) is 11.5 Å². The predicted octanol–water partition coefficient (Wildman–Crippen LogP) is 3.25. The number of rotatable bonds is 8. The van der Waals surface area contributed by atoms with Crippen molar-refractivity contribution in [2.45, 2.75) is 26.7 Å². The number of oxime groups is 1. The zero-order valence-electron chi connectivity index (χ0n) is 18.8. The molecule has 0 radical (unpaired) electrons. The molecule has 0 aromatic heterocycles. The van der Waals surface area contributed by atoms with E-state index in [1.54, 1.807) is 19.1 Å². The molecule has 1 saturated heterocycles. The number of fused-ring (bicyclic) bond motifs is 1. The van der Waals surface area contributed by atoms with E-state index in [1.807, 2.05) is 25.1 Å². The molecule has 0 unspecified atom stereocenters. The number of aryl methyl sites for hydroxylation is 1. The molecule has 2 aliphatic rings. The minimum Gasteiger partial charge on any atom is -0.454 e. The number of esters is 1. The molecule has 1 N–H and O–H groups in total. The average Bonchev–Trinajstić information content (AvgIpc) is 3.50. The largest absolute Gasteiger partial charge is 0.454 e. The summed E-state index contributed by atoms with van der Waals surface area (Å²) in [7, 11) is 0. The lowest BCUT2D eigenvalue weighted by Crippen LogP contribution is -2.23. The highest BCUT2D eigenvalue weighted by Gasteiger charge is 2.16. The maximum absolute atomic E-state index is 12.2. The zero-order valence-corrected chi connectivity index (χ0v) is 18.8. The van der Waals surface area contributed by atoms with Crippen LogP contribution in [0.1, 0.15) is 30.9 Å². The van der Waals surface area contributed by atoms with Crippen LogP contribution in [-0.2, 0) is 19.2 Å². The highest BCUT2D eigenvalue weighted by Crippen LogP contribution is 2.32. The molecule has 1 fully saturated rings. The van der Waals surface area contributed by atoms with E-state index in [0.717, 1.165) is 29.9 Å². The second-order valence-corrected chi connectivity index (χ2v) is 7.92. The summed E-state index contributed by atoms with van der Waals surface area (Å²) in [6.07, 6.45) is 2.41. The lowest BCUT2D eigenvalue weighted by Gasteiger charge is -2.19. The molecule has 0 bridgehead atoms. The van der Waals surface area contributed by atoms with Gasteiger partial charge in [0.15, 0.2) is 18.1 Å². The highest BCUT2D eigenvalue weighted by molar-refractivity contribution is 5.99. The van der Waals surface area contributed by atoms with Crippen LogP contribution in [0.4, 0.5) is 11.4 Å². The molecule has 1 amide bonds. The quantitative estimate of drug-likeness (QED) is 0.372. The number of hydrogen-bond acceptors (Lipinski definition) is 8. The second-order valence-electron chi connectivity index (χ2n) is 7.92. The summed E-state index contributed by atoms with van der Waals surface area (Å²) in [6.45, 7) is 5.18. The van der Waals surface area contributed by atoms with Gasteiger partial charge < -0.3 is 29.3 Å². The minimum atomic E-state index is -0.687. The summed E-state index contributed by atoms with van der Waals surface area (Å²) >= 11 is 0. The Labute approximate surface area is 192 Å². The third-order valence-corrected chi connectivity index (χ3v) is 5.49. The van der Waals surface area contributed by atoms with Crippen molar-refractivity contribution in [3.05, 3.63) is 47.5 Å². The second kappa shape index (κ2) is 10.2. The molecule has 9 nitrogen and oxygen atoms in total. The monoisotopic (exact) mass is 453 g/mol. The van der Waals surface area contributed by atoms with Crippen molar-refractivity contribution in [3.63, 3.8) is 0 Å². The summed E-state index contributed by atoms with van der Waals surface area (Å²) in [5.41, 5.74) is 4.14. The van der Waals surface area contributed by atoms with Crippen molar-refractivity contribution in [1.82, 2.24) is 0 Å². The molecule has 2 aliphatic heterocycles. The van der Waals surface area contributed by atoms with Crippen LogP contribution in [0.2, 0.25) is 0 Å². The molecule has 0 spiro atoms. The number of ether oxygens (including phenoxy) is 3. The highest BCUT2D eigenvalue weighted by atomic mass is 16.7. The SMILES string of the molecule is C/C(=N\OCC(=O)OCC(=O)Nc1ccc(N2CCCC2)cc1C)c1ccc2c(c1)OCO2. The number of carbonyl (C=O) groups excluding carboxylic acids is 2. The standard InChI is InChI=1S/C24H27N3O6/c1-16-11-19(27-9-3-4-10-27)6-7-20(16)25-23(28)13-30-24(29)14-33-26-17(2)18-5-8-21-22(12-18)32-15-31-21/h5-8,11-12H,3-4,9-10,13-15H2,1-2H3,(H,25,28)/b26-17+. The van der Waals surface area contributed by atoms with Crippen molar-refractivity contribution in [1.29, 1.82) is 0 Å². The summed E-state index contributed by atoms with van der Waals surface area (Å²) in [5, 5.41) is 6.70. The van der Waals surface area contributed by atoms with Crippen molar-refractivity contribution >= 4 is 29.0 Å². The summed E-state index contributed by atoms with van der Waals surface area (Å²) < 4.78 is 15.6. The Morgan fingerprint density at radius 1 is 1.06 bits per heavy atom. The third-order valence-electron chi connectivity index (χ3n) is 5.49. The predicted molar refractivity (Wildman–Crippen MR) is 123 cm³/mol. The number of anilines is 2. The van der Waals surface area contributed by atoms with E-state index in [-0.39, 0.29) is 6.79 Å². The summed E-state index contributed by atoms with van der Waals surface area (Å²) in [4.78, 5) is 31.5. The molecule has 2 heterocycles. The Hall–Kier alpha value is -3.75. The van der Waals surface area contributed by atoms with Gasteiger partial charge in [-0.15, -0.1) is 0 Å². The first kappa shape index (κ1) is 22.4. The van der Waals surface area contributed by atoms with Crippen LogP contribution in [0.3, 0.4) is 0 Å². The van der Waals surface area contributed by atoms with Gasteiger partial charge in [0.1, 0.15) is 0 Å². The van der Waals surface area contributed by atoms with E-state index in [0.29, 0.717) is 22.9 Å². The van der Waals surface area contributed by atoms with Crippen molar-refractivity contribution in [3.8, 4) is 11.5 Å². The van der Waals surface area contributed by atoms with E-state index in [1.165, 1.54) is 12.8 Å². The van der Waals surface area contributed by atoms with Crippen LogP contribution >= 0.6 is 0 Å². The van der Waals surface area contributed by atoms with Gasteiger partial charge in [-0.05, 0) is 68.7 Å². The van der Waals surface area contributed by atoms with Gasteiger partial charge in [0, 0.05) is 30.0 Å². The van der Waals surface area contributed by atoms with Gasteiger partial charge in [0.2, 0.25) is 13.4 Å². The molecular formula is C24H27N3O6. The molecule has 33 heavy (non-hydrogen) atoms. The zero-order chi connectivity index (χ0) is 23.2. The fourth-order valence-corrected chi connectivity index (χ4v) is 3.69. The third kappa shape index (κ3) is 5.74. The topological polar surface area (TPSA) is 98.7 Å². The lowest BCUT2D eigenvalue weighted by atomic mass is 10.1. The molecule has 2 aromatic carbocycles. The van der Waals surface area contributed by atoms with Crippen LogP contribution in [0.15, 0.2) is 41.6 Å². The van der Waals surface area contributed by atoms with E-state index in [4.69, 9.17) is 19.0 Å². The molecule has 0 atom stereocenters. The summed E-state index contributed by atoms with van der Waals surface area (Å²) in [6, 6.07) is 11.3. The Morgan fingerprint density at radius 2 is 1.85 bits per heavy atom. The maximum Gasteiger partial charge on any atom is 0.347 e. The normalized spacial score (nSPS) is 14.8. The smallest absolute Gasteiger partial charge is 0.347 e. The van der Waals surface area contributed by atoms with Crippen molar-refractivity contribution in [2.24, 2.45) is 5.16 Å². The molecular weight excluding hydrogens is 426 g/mol. The van der Waals surface area contributed by atoms with E-state index in [2.05, 4.69) is 21.4 Å². The number of nitrogens with zero attached hydrogens (tertiary/aromatic N) is 2. The van der Waals surface area contributed by atoms with Gasteiger partial charge in [-0.2, -0.15) is 0 Å². The first-order valence-corrected chi connectivity index (χ1v) is 10.9. The van der Waals surface area contributed by atoms with Crippen LogP contribution in [0, 0.1) is 6.92 Å². The fraction of sp³-hybridized carbons (Fsp3) is 0.375. The first-order valence-electron chi connectivity index (χ1n) is 10.9. The van der Waals surface area contributed by atoms with Crippen LogP contribution in [-0.4, -0.2) is 50.7 Å². The molecule has 4 rings (SSSR count). The Kier molecular flexibility index (Phi) is 6.97. The van der Waals surface area contributed by atoms with Crippen LogP contribution < -0.4 is 19.7 Å². The molecule has 0 aliphatic carbocycles. The Balaban J connectivity index is 1.20. The number of amides is 1. The van der Waals surface area contributed by atoms with E-state index >= 15 is 0 Å². The Morgan fingerprint density at radius 3 is 2.64 bits per heavy atom. The first-order chi connectivity index (χ1) is 16.0. The Bertz CT molecular complexity index is 1060. The van der Waals surface area contributed by atoms with E-state index in [9.17, 15) is 9.59 Å². The molecule has 9 heteroatoms. The minimum absolute atomic E-state index is 0.189. The van der Waals surface area contributed by atoms with E-state index < -0.39 is 25.1 Å². The van der Waals surface area contributed by atoms with Gasteiger partial charge in [-0.3, -0.25) is 4.79 Å². The molecule has 2 aromatic rings. The summed E-state index contributed by atoms with van der Waals surface area (Å²) in [5.74, 6) is 0.203. The number of benzene rings is 2. The van der Waals surface area contributed by atoms with Gasteiger partial charge in [-0.25, -0.2) is 4.79 Å². The average molecular weight is 453 g/mol. The number of hydrogen-bond donors (Lipinski definition) is 1. The fourth-order valence-electron chi connectivity index (χ4n) is 3.69. The number of nitrogens with one attached hydrogen (secondary N) is 1. The molecule has 0 saturated carbocycles. The van der Waals surface area contributed by atoms with Crippen molar-refractivity contribution < 1.29 is 28.6 Å².